The Morgan fingerprint density at radius 2 is 1.70 bits per heavy atom. The van der Waals surface area contributed by atoms with Crippen molar-refractivity contribution in [2.24, 2.45) is 11.7 Å². The van der Waals surface area contributed by atoms with Crippen LogP contribution in [0.1, 0.15) is 11.1 Å². The van der Waals surface area contributed by atoms with Crippen LogP contribution in [0.15, 0.2) is 48.5 Å². The van der Waals surface area contributed by atoms with Crippen LogP contribution >= 0.6 is 0 Å². The predicted molar refractivity (Wildman–Crippen MR) is 104 cm³/mol. The Morgan fingerprint density at radius 1 is 1.07 bits per heavy atom. The van der Waals surface area contributed by atoms with Crippen molar-refractivity contribution >= 4 is 11.6 Å². The first-order valence-corrected chi connectivity index (χ1v) is 9.28. The van der Waals surface area contributed by atoms with Crippen LogP contribution in [0.3, 0.4) is 0 Å². The minimum atomic E-state index is -0.352. The highest BCUT2D eigenvalue weighted by atomic mass is 19.1. The zero-order chi connectivity index (χ0) is 19.1. The Bertz CT molecular complexity index is 728. The molecule has 0 aromatic heterocycles. The number of anilines is 1. The predicted octanol–water partition coefficient (Wildman–Crippen LogP) is 2.10. The SMILES string of the molecule is NC(=O)[C@@H](CNCc1ccc(N2CCOCC2)cc1)Cc1ccc(F)cc1. The molecule has 2 aromatic carbocycles. The molecule has 0 radical (unpaired) electrons. The Morgan fingerprint density at radius 3 is 2.33 bits per heavy atom. The zero-order valence-corrected chi connectivity index (χ0v) is 15.4. The molecule has 1 atom stereocenters. The van der Waals surface area contributed by atoms with Crippen LogP contribution in [0.25, 0.3) is 0 Å². The van der Waals surface area contributed by atoms with Gasteiger partial charge in [-0.25, -0.2) is 4.39 Å². The van der Waals surface area contributed by atoms with Gasteiger partial charge in [-0.15, -0.1) is 0 Å². The summed E-state index contributed by atoms with van der Waals surface area (Å²) < 4.78 is 18.4. The maximum Gasteiger partial charge on any atom is 0.222 e. The maximum absolute atomic E-state index is 13.0. The number of benzene rings is 2. The van der Waals surface area contributed by atoms with Crippen LogP contribution in [-0.4, -0.2) is 38.8 Å². The molecule has 6 heteroatoms. The van der Waals surface area contributed by atoms with Crippen molar-refractivity contribution < 1.29 is 13.9 Å². The summed E-state index contributed by atoms with van der Waals surface area (Å²) in [5, 5.41) is 3.31. The summed E-state index contributed by atoms with van der Waals surface area (Å²) in [7, 11) is 0. The van der Waals surface area contributed by atoms with E-state index < -0.39 is 0 Å². The number of hydrogen-bond acceptors (Lipinski definition) is 4. The number of carbonyl (C=O) groups excluding carboxylic acids is 1. The lowest BCUT2D eigenvalue weighted by Gasteiger charge is -2.29. The molecular weight excluding hydrogens is 345 g/mol. The number of hydrogen-bond donors (Lipinski definition) is 2. The third kappa shape index (κ3) is 5.77. The number of nitrogens with zero attached hydrogens (tertiary/aromatic N) is 1. The molecule has 0 aliphatic carbocycles. The Hall–Kier alpha value is -2.44. The van der Waals surface area contributed by atoms with Crippen molar-refractivity contribution in [1.82, 2.24) is 5.32 Å². The minimum absolute atomic E-state index is 0.284. The van der Waals surface area contributed by atoms with Gasteiger partial charge in [-0.05, 0) is 41.8 Å². The molecule has 0 unspecified atom stereocenters. The molecule has 2 aromatic rings. The second kappa shape index (κ2) is 9.48. The fraction of sp³-hybridized carbons (Fsp3) is 0.381. The largest absolute Gasteiger partial charge is 0.378 e. The van der Waals surface area contributed by atoms with Crippen LogP contribution < -0.4 is 16.0 Å². The molecule has 1 saturated heterocycles. The second-order valence-electron chi connectivity index (χ2n) is 6.83. The van der Waals surface area contributed by atoms with Gasteiger partial charge in [-0.2, -0.15) is 0 Å². The molecule has 5 nitrogen and oxygen atoms in total. The van der Waals surface area contributed by atoms with E-state index in [1.807, 2.05) is 0 Å². The number of amides is 1. The highest BCUT2D eigenvalue weighted by Gasteiger charge is 2.16. The van der Waals surface area contributed by atoms with E-state index >= 15 is 0 Å². The number of ether oxygens (including phenoxy) is 1. The molecule has 3 rings (SSSR count). The fourth-order valence-electron chi connectivity index (χ4n) is 3.22. The Kier molecular flexibility index (Phi) is 6.79. The number of primary amides is 1. The molecule has 1 aliphatic rings. The topological polar surface area (TPSA) is 67.6 Å². The first-order valence-electron chi connectivity index (χ1n) is 9.28. The van der Waals surface area contributed by atoms with E-state index in [0.29, 0.717) is 19.5 Å². The van der Waals surface area contributed by atoms with Crippen molar-refractivity contribution in [3.8, 4) is 0 Å². The van der Waals surface area contributed by atoms with E-state index in [9.17, 15) is 9.18 Å². The average molecular weight is 371 g/mol. The van der Waals surface area contributed by atoms with Gasteiger partial charge in [0.05, 0.1) is 19.1 Å². The van der Waals surface area contributed by atoms with Gasteiger partial charge in [0.2, 0.25) is 5.91 Å². The van der Waals surface area contributed by atoms with E-state index in [0.717, 1.165) is 37.4 Å². The van der Waals surface area contributed by atoms with E-state index in [1.54, 1.807) is 12.1 Å². The number of halogens is 1. The summed E-state index contributed by atoms with van der Waals surface area (Å²) in [5.74, 6) is -0.967. The summed E-state index contributed by atoms with van der Waals surface area (Å²) in [6, 6.07) is 14.6. The molecule has 0 spiro atoms. The molecule has 1 fully saturated rings. The number of carbonyl (C=O) groups is 1. The van der Waals surface area contributed by atoms with Crippen molar-refractivity contribution in [2.45, 2.75) is 13.0 Å². The van der Waals surface area contributed by atoms with Gasteiger partial charge in [0, 0.05) is 31.9 Å². The lowest BCUT2D eigenvalue weighted by Crippen LogP contribution is -2.36. The Labute approximate surface area is 159 Å². The smallest absolute Gasteiger partial charge is 0.222 e. The van der Waals surface area contributed by atoms with Gasteiger partial charge in [0.15, 0.2) is 0 Å². The van der Waals surface area contributed by atoms with Gasteiger partial charge < -0.3 is 20.7 Å². The van der Waals surface area contributed by atoms with Crippen LogP contribution in [0, 0.1) is 11.7 Å². The molecule has 3 N–H and O–H groups in total. The summed E-state index contributed by atoms with van der Waals surface area (Å²) >= 11 is 0. The van der Waals surface area contributed by atoms with E-state index in [2.05, 4.69) is 34.5 Å². The Balaban J connectivity index is 1.49. The lowest BCUT2D eigenvalue weighted by atomic mass is 9.98. The summed E-state index contributed by atoms with van der Waals surface area (Å²) in [4.78, 5) is 14.0. The summed E-state index contributed by atoms with van der Waals surface area (Å²) in [6.45, 7) is 4.52. The van der Waals surface area contributed by atoms with E-state index in [-0.39, 0.29) is 17.6 Å². The zero-order valence-electron chi connectivity index (χ0n) is 15.4. The first-order chi connectivity index (χ1) is 13.1. The number of rotatable bonds is 8. The van der Waals surface area contributed by atoms with Crippen LogP contribution in [0.5, 0.6) is 0 Å². The molecule has 144 valence electrons. The van der Waals surface area contributed by atoms with Crippen molar-refractivity contribution in [3.63, 3.8) is 0 Å². The molecule has 1 aliphatic heterocycles. The first kappa shape index (κ1) is 19.3. The van der Waals surface area contributed by atoms with Gasteiger partial charge in [0.25, 0.3) is 0 Å². The van der Waals surface area contributed by atoms with Gasteiger partial charge in [-0.3, -0.25) is 4.79 Å². The second-order valence-corrected chi connectivity index (χ2v) is 6.83. The maximum atomic E-state index is 13.0. The van der Waals surface area contributed by atoms with Gasteiger partial charge >= 0.3 is 0 Å². The normalized spacial score (nSPS) is 15.5. The van der Waals surface area contributed by atoms with Gasteiger partial charge in [0.1, 0.15) is 5.82 Å². The van der Waals surface area contributed by atoms with Crippen molar-refractivity contribution in [3.05, 3.63) is 65.5 Å². The quantitative estimate of drug-likeness (QED) is 0.746. The molecule has 1 heterocycles. The minimum Gasteiger partial charge on any atom is -0.378 e. The molecule has 0 bridgehead atoms. The van der Waals surface area contributed by atoms with Crippen molar-refractivity contribution in [2.75, 3.05) is 37.7 Å². The number of nitrogens with one attached hydrogen (secondary N) is 1. The van der Waals surface area contributed by atoms with Crippen LogP contribution in [-0.2, 0) is 22.5 Å². The molecule has 1 amide bonds. The van der Waals surface area contributed by atoms with Crippen molar-refractivity contribution in [1.29, 1.82) is 0 Å². The van der Waals surface area contributed by atoms with Gasteiger partial charge in [-0.1, -0.05) is 24.3 Å². The summed E-state index contributed by atoms with van der Waals surface area (Å²) in [6.07, 6.45) is 0.499. The van der Waals surface area contributed by atoms with Crippen LogP contribution in [0.4, 0.5) is 10.1 Å². The monoisotopic (exact) mass is 371 g/mol. The van der Waals surface area contributed by atoms with Crippen LogP contribution in [0.2, 0.25) is 0 Å². The molecular formula is C21H26FN3O2. The fourth-order valence-corrected chi connectivity index (χ4v) is 3.22. The molecule has 0 saturated carbocycles. The average Bonchev–Trinajstić information content (AvgIpc) is 2.70. The standard InChI is InChI=1S/C21H26FN3O2/c22-19-5-1-16(2-6-19)13-18(21(23)26)15-24-14-17-3-7-20(8-4-17)25-9-11-27-12-10-25/h1-8,18,24H,9-15H2,(H2,23,26)/t18-/m1/s1. The highest BCUT2D eigenvalue weighted by molar-refractivity contribution is 5.77. The third-order valence-electron chi connectivity index (χ3n) is 4.83. The lowest BCUT2D eigenvalue weighted by molar-refractivity contribution is -0.121. The third-order valence-corrected chi connectivity index (χ3v) is 4.83. The highest BCUT2D eigenvalue weighted by Crippen LogP contribution is 2.17. The summed E-state index contributed by atoms with van der Waals surface area (Å²) in [5.41, 5.74) is 8.78. The molecule has 27 heavy (non-hydrogen) atoms. The van der Waals surface area contributed by atoms with E-state index in [1.165, 1.54) is 17.8 Å². The van der Waals surface area contributed by atoms with E-state index in [4.69, 9.17) is 10.5 Å². The number of morpholine rings is 1. The number of nitrogens with two attached hydrogens (primary N) is 1.